The molecule has 10 heteroatoms. The Labute approximate surface area is 198 Å². The average Bonchev–Trinajstić information content (AvgIpc) is 2.86. The quantitative estimate of drug-likeness (QED) is 0.463. The van der Waals surface area contributed by atoms with Crippen molar-refractivity contribution in [2.45, 2.75) is 13.0 Å². The fourth-order valence-corrected chi connectivity index (χ4v) is 4.21. The number of fused-ring (bicyclic) bond motifs is 8. The number of carbonyl (C=O) groups excluding carboxylic acids is 1. The summed E-state index contributed by atoms with van der Waals surface area (Å²) in [6.07, 6.45) is 3.74. The molecule has 3 N–H and O–H groups in total. The normalized spacial score (nSPS) is 21.2. The molecule has 34 heavy (non-hydrogen) atoms. The van der Waals surface area contributed by atoms with E-state index in [-0.39, 0.29) is 5.91 Å². The molecule has 0 unspecified atom stereocenters. The highest BCUT2D eigenvalue weighted by atomic mass is 16.1. The molecule has 3 aliphatic rings. The van der Waals surface area contributed by atoms with Crippen molar-refractivity contribution in [2.75, 3.05) is 56.4 Å². The van der Waals surface area contributed by atoms with Gasteiger partial charge in [-0.05, 0) is 29.8 Å². The van der Waals surface area contributed by atoms with Gasteiger partial charge in [-0.2, -0.15) is 4.98 Å². The van der Waals surface area contributed by atoms with Gasteiger partial charge in [0.25, 0.3) is 0 Å². The first-order valence-electron chi connectivity index (χ1n) is 11.7. The van der Waals surface area contributed by atoms with Crippen molar-refractivity contribution >= 4 is 23.4 Å². The number of hydrogen-bond acceptors (Lipinski definition) is 9. The third kappa shape index (κ3) is 5.83. The van der Waals surface area contributed by atoms with Crippen LogP contribution in [0, 0.1) is 0 Å². The molecular formula is C24H29N9O. The lowest BCUT2D eigenvalue weighted by atomic mass is 10.1. The van der Waals surface area contributed by atoms with Gasteiger partial charge >= 0.3 is 0 Å². The van der Waals surface area contributed by atoms with Crippen LogP contribution in [0.1, 0.15) is 12.0 Å². The monoisotopic (exact) mass is 459 g/mol. The van der Waals surface area contributed by atoms with Crippen LogP contribution in [0.25, 0.3) is 11.4 Å². The molecule has 3 aliphatic heterocycles. The standard InChI is InChI=1S/C24H29N9O/c34-22-5-9-32-10-12-33(13-11-32)16-18-2-1-3-20(14-18)30-24-29-17-28-23(31-24)19-4-6-25-21(15-19)26-7-8-27-22/h1-4,6,14-15,17H,5,7-13,16H2,(H,25,26)(H,27,34)(H,28,29,30,31). The molecule has 10 nitrogen and oxygen atoms in total. The van der Waals surface area contributed by atoms with Crippen molar-refractivity contribution < 1.29 is 4.79 Å². The lowest BCUT2D eigenvalue weighted by molar-refractivity contribution is -0.121. The lowest BCUT2D eigenvalue weighted by Gasteiger charge is -2.34. The van der Waals surface area contributed by atoms with E-state index in [9.17, 15) is 4.79 Å². The van der Waals surface area contributed by atoms with E-state index >= 15 is 0 Å². The largest absolute Gasteiger partial charge is 0.368 e. The Morgan fingerprint density at radius 2 is 1.71 bits per heavy atom. The first-order valence-corrected chi connectivity index (χ1v) is 11.7. The van der Waals surface area contributed by atoms with Crippen LogP contribution < -0.4 is 16.0 Å². The number of aromatic nitrogens is 4. The zero-order chi connectivity index (χ0) is 23.2. The van der Waals surface area contributed by atoms with Gasteiger partial charge in [-0.15, -0.1) is 0 Å². The van der Waals surface area contributed by atoms with Crippen LogP contribution in [0.3, 0.4) is 0 Å². The molecule has 3 aromatic rings. The molecule has 0 spiro atoms. The second-order valence-electron chi connectivity index (χ2n) is 8.53. The zero-order valence-corrected chi connectivity index (χ0v) is 19.1. The number of benzene rings is 1. The van der Waals surface area contributed by atoms with E-state index in [0.29, 0.717) is 37.1 Å². The van der Waals surface area contributed by atoms with Gasteiger partial charge in [0, 0.05) is 76.2 Å². The van der Waals surface area contributed by atoms with Crippen molar-refractivity contribution in [2.24, 2.45) is 0 Å². The maximum absolute atomic E-state index is 12.3. The van der Waals surface area contributed by atoms with E-state index < -0.39 is 0 Å². The Morgan fingerprint density at radius 1 is 0.853 bits per heavy atom. The van der Waals surface area contributed by atoms with Crippen LogP contribution in [0.5, 0.6) is 0 Å². The molecule has 1 fully saturated rings. The van der Waals surface area contributed by atoms with Crippen molar-refractivity contribution in [1.82, 2.24) is 35.1 Å². The Hall–Kier alpha value is -3.63. The van der Waals surface area contributed by atoms with Crippen LogP contribution in [0.2, 0.25) is 0 Å². The van der Waals surface area contributed by atoms with Gasteiger partial charge in [-0.25, -0.2) is 15.0 Å². The van der Waals surface area contributed by atoms with Crippen LogP contribution in [-0.2, 0) is 11.3 Å². The summed E-state index contributed by atoms with van der Waals surface area (Å²) in [6, 6.07) is 12.1. The number of nitrogens with one attached hydrogen (secondary N) is 3. The lowest BCUT2D eigenvalue weighted by Crippen LogP contribution is -2.46. The number of amides is 1. The van der Waals surface area contributed by atoms with Gasteiger partial charge in [0.15, 0.2) is 5.82 Å². The number of nitrogens with zero attached hydrogens (tertiary/aromatic N) is 6. The van der Waals surface area contributed by atoms with Crippen LogP contribution >= 0.6 is 0 Å². The van der Waals surface area contributed by atoms with Gasteiger partial charge in [0.05, 0.1) is 0 Å². The minimum atomic E-state index is 0.0788. The first kappa shape index (κ1) is 22.2. The first-order chi connectivity index (χ1) is 16.7. The molecule has 0 atom stereocenters. The van der Waals surface area contributed by atoms with E-state index in [1.165, 1.54) is 11.9 Å². The Bertz CT molecular complexity index is 1130. The Balaban J connectivity index is 1.38. The van der Waals surface area contributed by atoms with Crippen molar-refractivity contribution in [3.8, 4) is 11.4 Å². The van der Waals surface area contributed by atoms with Crippen molar-refractivity contribution in [3.63, 3.8) is 0 Å². The summed E-state index contributed by atoms with van der Waals surface area (Å²) in [5.74, 6) is 1.84. The van der Waals surface area contributed by atoms with Crippen LogP contribution in [-0.4, -0.2) is 81.5 Å². The maximum atomic E-state index is 12.3. The minimum Gasteiger partial charge on any atom is -0.368 e. The molecule has 176 valence electrons. The van der Waals surface area contributed by atoms with Gasteiger partial charge in [0.1, 0.15) is 12.1 Å². The molecule has 2 aromatic heterocycles. The zero-order valence-electron chi connectivity index (χ0n) is 19.1. The summed E-state index contributed by atoms with van der Waals surface area (Å²) in [7, 11) is 0. The van der Waals surface area contributed by atoms with Gasteiger partial charge < -0.3 is 20.9 Å². The Kier molecular flexibility index (Phi) is 6.87. The minimum absolute atomic E-state index is 0.0788. The summed E-state index contributed by atoms with van der Waals surface area (Å²) in [5.41, 5.74) is 3.01. The molecule has 0 aliphatic carbocycles. The third-order valence-corrected chi connectivity index (χ3v) is 6.05. The predicted octanol–water partition coefficient (Wildman–Crippen LogP) is 1.73. The highest BCUT2D eigenvalue weighted by Crippen LogP contribution is 2.20. The number of anilines is 3. The number of piperazine rings is 1. The number of carbonyl (C=O) groups is 1. The van der Waals surface area contributed by atoms with Crippen molar-refractivity contribution in [1.29, 1.82) is 0 Å². The summed E-state index contributed by atoms with van der Waals surface area (Å²) in [4.78, 5) is 34.7. The maximum Gasteiger partial charge on any atom is 0.230 e. The van der Waals surface area contributed by atoms with E-state index in [1.807, 2.05) is 24.3 Å². The fraction of sp³-hybridized carbons (Fsp3) is 0.375. The number of hydrogen-bond donors (Lipinski definition) is 3. The second-order valence-corrected chi connectivity index (χ2v) is 8.53. The van der Waals surface area contributed by atoms with Crippen LogP contribution in [0.15, 0.2) is 48.9 Å². The molecule has 6 rings (SSSR count). The molecule has 0 radical (unpaired) electrons. The highest BCUT2D eigenvalue weighted by molar-refractivity contribution is 5.76. The average molecular weight is 460 g/mol. The molecule has 1 amide bonds. The Morgan fingerprint density at radius 3 is 2.62 bits per heavy atom. The smallest absolute Gasteiger partial charge is 0.230 e. The van der Waals surface area contributed by atoms with Crippen LogP contribution in [0.4, 0.5) is 17.5 Å². The number of pyridine rings is 1. The summed E-state index contributed by atoms with van der Waals surface area (Å²) < 4.78 is 0. The van der Waals surface area contributed by atoms with Crippen molar-refractivity contribution in [3.05, 3.63) is 54.5 Å². The van der Waals surface area contributed by atoms with E-state index in [2.05, 4.69) is 57.8 Å². The molecule has 0 saturated carbocycles. The highest BCUT2D eigenvalue weighted by Gasteiger charge is 2.18. The SMILES string of the molecule is O=C1CCN2CCN(CC2)Cc2cccc(c2)Nc2ncnc(n2)-c2ccnc(c2)NCCN1. The van der Waals surface area contributed by atoms with E-state index in [4.69, 9.17) is 0 Å². The summed E-state index contributed by atoms with van der Waals surface area (Å²) in [6.45, 7) is 6.73. The third-order valence-electron chi connectivity index (χ3n) is 6.05. The predicted molar refractivity (Wildman–Crippen MR) is 131 cm³/mol. The second kappa shape index (κ2) is 10.5. The topological polar surface area (TPSA) is 111 Å². The van der Waals surface area contributed by atoms with E-state index in [1.54, 1.807) is 6.20 Å². The molecule has 8 bridgehead atoms. The molecule has 1 aromatic carbocycles. The van der Waals surface area contributed by atoms with Gasteiger partial charge in [0.2, 0.25) is 11.9 Å². The summed E-state index contributed by atoms with van der Waals surface area (Å²) in [5, 5.41) is 9.55. The van der Waals surface area contributed by atoms with Gasteiger partial charge in [-0.1, -0.05) is 12.1 Å². The molecule has 1 saturated heterocycles. The number of rotatable bonds is 0. The van der Waals surface area contributed by atoms with E-state index in [0.717, 1.165) is 50.5 Å². The molecular weight excluding hydrogens is 430 g/mol. The van der Waals surface area contributed by atoms with Gasteiger partial charge in [-0.3, -0.25) is 9.69 Å². The fourth-order valence-electron chi connectivity index (χ4n) is 4.21. The summed E-state index contributed by atoms with van der Waals surface area (Å²) >= 11 is 0. The molecule has 5 heterocycles.